The van der Waals surface area contributed by atoms with Crippen molar-refractivity contribution < 1.29 is 0 Å². The monoisotopic (exact) mass is 1720 g/mol. The van der Waals surface area contributed by atoms with Crippen LogP contribution in [0.2, 0.25) is 0 Å². The van der Waals surface area contributed by atoms with Gasteiger partial charge in [0, 0.05) is 5.92 Å². The molecule has 1 aromatic rings. The Balaban J connectivity index is 0.000000148. The summed E-state index contributed by atoms with van der Waals surface area (Å²) in [5.74, 6) is 7.47. The summed E-state index contributed by atoms with van der Waals surface area (Å²) in [6.07, 6.45) is 85.4. The molecule has 7 saturated carbocycles. The van der Waals surface area contributed by atoms with E-state index in [2.05, 4.69) is 377 Å². The number of hydrogen-bond acceptors (Lipinski definition) is 0. The lowest BCUT2D eigenvalue weighted by Gasteiger charge is -2.53. The molecule has 0 aliphatic heterocycles. The van der Waals surface area contributed by atoms with Crippen molar-refractivity contribution in [1.82, 2.24) is 0 Å². The summed E-state index contributed by atoms with van der Waals surface area (Å²) < 4.78 is 0. The third kappa shape index (κ3) is 24.1. The molecule has 17 aliphatic carbocycles. The van der Waals surface area contributed by atoms with E-state index in [-0.39, 0.29) is 0 Å². The smallest absolute Gasteiger partial charge is 0.00335 e. The van der Waals surface area contributed by atoms with Gasteiger partial charge in [-0.1, -0.05) is 405 Å². The van der Waals surface area contributed by atoms with E-state index >= 15 is 0 Å². The van der Waals surface area contributed by atoms with Crippen LogP contribution in [0.15, 0.2) is 167 Å². The summed E-state index contributed by atoms with van der Waals surface area (Å²) >= 11 is 0. The molecule has 1 aromatic carbocycles. The van der Waals surface area contributed by atoms with Crippen LogP contribution in [-0.2, 0) is 10.8 Å². The van der Waals surface area contributed by atoms with Crippen LogP contribution in [0.25, 0.3) is 0 Å². The molecular formula is C126H204. The van der Waals surface area contributed by atoms with Gasteiger partial charge in [0.15, 0.2) is 0 Å². The fourth-order valence-corrected chi connectivity index (χ4v) is 28.2. The average molecular weight is 1720 g/mol. The zero-order valence-electron chi connectivity index (χ0n) is 90.2. The highest BCUT2D eigenvalue weighted by molar-refractivity contribution is 5.45. The first-order chi connectivity index (χ1) is 57.9. The highest BCUT2D eigenvalue weighted by atomic mass is 14.6. The first kappa shape index (κ1) is 104. The van der Waals surface area contributed by atoms with Crippen molar-refractivity contribution in [1.29, 1.82) is 0 Å². The van der Waals surface area contributed by atoms with E-state index in [1.54, 1.807) is 39.0 Å². The molecule has 0 heterocycles. The zero-order valence-corrected chi connectivity index (χ0v) is 90.2. The van der Waals surface area contributed by atoms with Crippen LogP contribution in [0, 0.1) is 140 Å². The topological polar surface area (TPSA) is 0 Å². The molecule has 0 aromatic heterocycles. The van der Waals surface area contributed by atoms with Gasteiger partial charge < -0.3 is 0 Å². The van der Waals surface area contributed by atoms with E-state index in [1.807, 2.05) is 11.1 Å². The Kier molecular flexibility index (Phi) is 32.1. The molecule has 0 bridgehead atoms. The fourth-order valence-electron chi connectivity index (χ4n) is 28.2. The van der Waals surface area contributed by atoms with Crippen LogP contribution < -0.4 is 0 Å². The summed E-state index contributed by atoms with van der Waals surface area (Å²) in [6, 6.07) is 8.94. The molecule has 7 fully saturated rings. The second-order valence-electron chi connectivity index (χ2n) is 56.8. The molecule has 18 rings (SSSR count). The summed E-state index contributed by atoms with van der Waals surface area (Å²) in [7, 11) is 0. The van der Waals surface area contributed by atoms with Crippen molar-refractivity contribution in [2.24, 2.45) is 140 Å². The fraction of sp³-hybridized carbons (Fsp3) is 0.762. The second-order valence-corrected chi connectivity index (χ2v) is 56.8. The van der Waals surface area contributed by atoms with Crippen molar-refractivity contribution in [3.05, 3.63) is 178 Å². The molecule has 9 atom stereocenters. The summed E-state index contributed by atoms with van der Waals surface area (Å²) in [6.45, 7) is 87.3. The van der Waals surface area contributed by atoms with E-state index in [1.165, 1.54) is 205 Å². The first-order valence-corrected chi connectivity index (χ1v) is 53.3. The second kappa shape index (κ2) is 38.8. The Hall–Kier alpha value is -3.90. The Bertz CT molecular complexity index is 3980. The molecular weight excluding hydrogens is 1510 g/mol. The maximum atomic E-state index is 2.55. The third-order valence-corrected chi connectivity index (χ3v) is 39.2. The summed E-state index contributed by atoms with van der Waals surface area (Å²) in [5, 5.41) is 0. The zero-order chi connectivity index (χ0) is 93.6. The Morgan fingerprint density at radius 2 is 0.635 bits per heavy atom. The maximum absolute atomic E-state index is 2.55. The van der Waals surface area contributed by atoms with Gasteiger partial charge in [-0.2, -0.15) is 0 Å². The van der Waals surface area contributed by atoms with Crippen molar-refractivity contribution in [2.45, 2.75) is 472 Å². The molecule has 0 spiro atoms. The van der Waals surface area contributed by atoms with E-state index in [0.717, 1.165) is 53.8 Å². The number of benzene rings is 1. The molecule has 0 N–H and O–H groups in total. The molecule has 708 valence electrons. The Morgan fingerprint density at radius 3 is 1.08 bits per heavy atom. The van der Waals surface area contributed by atoms with Crippen LogP contribution in [0.3, 0.4) is 0 Å². The van der Waals surface area contributed by atoms with Crippen LogP contribution in [0.1, 0.15) is 472 Å². The first-order valence-electron chi connectivity index (χ1n) is 53.3. The minimum Gasteiger partial charge on any atom is -0.0882 e. The lowest BCUT2D eigenvalue weighted by Crippen LogP contribution is -2.44. The molecule has 0 nitrogen and oxygen atoms in total. The van der Waals surface area contributed by atoms with Gasteiger partial charge in [0.1, 0.15) is 0 Å². The van der Waals surface area contributed by atoms with Crippen LogP contribution >= 0.6 is 0 Å². The number of rotatable bonds is 0. The summed E-state index contributed by atoms with van der Waals surface area (Å²) in [4.78, 5) is 0. The molecule has 9 unspecified atom stereocenters. The number of fused-ring (bicyclic) bond motifs is 8. The van der Waals surface area contributed by atoms with Gasteiger partial charge in [-0.05, 0) is 379 Å². The minimum atomic E-state index is 0.367. The lowest BCUT2D eigenvalue weighted by atomic mass is 9.52. The van der Waals surface area contributed by atoms with Gasteiger partial charge in [-0.15, -0.1) is 0 Å². The molecule has 0 amide bonds. The van der Waals surface area contributed by atoms with Gasteiger partial charge >= 0.3 is 0 Å². The van der Waals surface area contributed by atoms with Gasteiger partial charge in [0.2, 0.25) is 0 Å². The number of hydrogen-bond donors (Lipinski definition) is 0. The predicted molar refractivity (Wildman–Crippen MR) is 559 cm³/mol. The lowest BCUT2D eigenvalue weighted by molar-refractivity contribution is -0.0200. The standard InChI is InChI=1S/4C14H24.4C14H22.C14H20/c9*1-13(2)9-10-14(3,4)12-8-6-5-7-11(12)13/h5-10H2,1-4H3;7,12H,5-6,8-10H2,1-4H3;5,7,11-12H,6,8-10H2,1-4H3;5-6,11-12H,7-10H2,1-4H3;7-8H,5-6,9-10H2,1-4H3;5,7-8,11H,6,9-10H2,1-4H3;5-7,12H,8-10H2,1-4H3;5-8,11-12H,9-10H2,1-4H3;5-8H,9-10H2,1-4H3. The predicted octanol–water partition coefficient (Wildman–Crippen LogP) is 39.5. The average Bonchev–Trinajstić information content (AvgIpc) is 0.824. The van der Waals surface area contributed by atoms with Gasteiger partial charge in [0.25, 0.3) is 0 Å². The van der Waals surface area contributed by atoms with Crippen molar-refractivity contribution >= 4 is 0 Å². The van der Waals surface area contributed by atoms with Crippen LogP contribution in [0.4, 0.5) is 0 Å². The van der Waals surface area contributed by atoms with Crippen LogP contribution in [-0.4, -0.2) is 0 Å². The van der Waals surface area contributed by atoms with E-state index < -0.39 is 0 Å². The van der Waals surface area contributed by atoms with E-state index in [0.29, 0.717) is 103 Å². The largest absolute Gasteiger partial charge is 0.0882 e. The van der Waals surface area contributed by atoms with Crippen molar-refractivity contribution in [2.75, 3.05) is 0 Å². The molecule has 0 heteroatoms. The number of allylic oxidation sites excluding steroid dienone is 24. The van der Waals surface area contributed by atoms with Gasteiger partial charge in [-0.3, -0.25) is 0 Å². The molecule has 17 aliphatic rings. The molecule has 0 radical (unpaired) electrons. The van der Waals surface area contributed by atoms with Crippen molar-refractivity contribution in [3.8, 4) is 0 Å². The highest BCUT2D eigenvalue weighted by Gasteiger charge is 2.53. The van der Waals surface area contributed by atoms with Crippen LogP contribution in [0.5, 0.6) is 0 Å². The van der Waals surface area contributed by atoms with E-state index in [9.17, 15) is 0 Å². The Labute approximate surface area is 784 Å². The van der Waals surface area contributed by atoms with E-state index in [4.69, 9.17) is 0 Å². The Morgan fingerprint density at radius 1 is 0.246 bits per heavy atom. The van der Waals surface area contributed by atoms with Gasteiger partial charge in [0.05, 0.1) is 0 Å². The normalized spacial score (nSPS) is 33.3. The van der Waals surface area contributed by atoms with Crippen molar-refractivity contribution in [3.63, 3.8) is 0 Å². The third-order valence-electron chi connectivity index (χ3n) is 39.2. The molecule has 126 heavy (non-hydrogen) atoms. The van der Waals surface area contributed by atoms with Gasteiger partial charge in [-0.25, -0.2) is 0 Å². The highest BCUT2D eigenvalue weighted by Crippen LogP contribution is 2.63. The quantitative estimate of drug-likeness (QED) is 0.227. The summed E-state index contributed by atoms with van der Waals surface area (Å²) in [5.41, 5.74) is 23.9. The molecule has 0 saturated heterocycles. The maximum Gasteiger partial charge on any atom is 0.00335 e. The minimum absolute atomic E-state index is 0.367. The SMILES string of the molecule is CC1(C)CCC(C)(C)C2=C1CCCC2.CC1(C)CCC(C)(C)C2=CCCC=C21.CC1(C)CCC(C)(C)C2C=CC=CC21.CC1(C)CCC(C)(C)C2C=CCC=C21.CC1(C)CCC(C)(C)C2CC=CC=C21.CC1(C)CCC(C)(C)C2CC=CCC21.CC1(C)CCC(C)(C)C2CCC=CC21.CC1(C)CCC(C)(C)C2CCCC=C21.CC1(C)CCC(C)(C)c2ccccc21.